The van der Waals surface area contributed by atoms with Crippen molar-refractivity contribution >= 4 is 0 Å². The Morgan fingerprint density at radius 2 is 1.74 bits per heavy atom. The number of ether oxygens (including phenoxy) is 1. The van der Waals surface area contributed by atoms with Crippen molar-refractivity contribution in [2.75, 3.05) is 19.7 Å². The summed E-state index contributed by atoms with van der Waals surface area (Å²) >= 11 is 0. The van der Waals surface area contributed by atoms with Gasteiger partial charge in [-0.25, -0.2) is 4.68 Å². The summed E-state index contributed by atoms with van der Waals surface area (Å²) in [5.74, 6) is 2.55. The lowest BCUT2D eigenvalue weighted by Gasteiger charge is -2.35. The van der Waals surface area contributed by atoms with Crippen molar-refractivity contribution in [3.05, 3.63) is 65.0 Å². The fourth-order valence-corrected chi connectivity index (χ4v) is 4.81. The van der Waals surface area contributed by atoms with Gasteiger partial charge in [0.15, 0.2) is 5.82 Å². The maximum Gasteiger partial charge on any atom is 0.233 e. The summed E-state index contributed by atoms with van der Waals surface area (Å²) in [6.45, 7) is 8.30. The van der Waals surface area contributed by atoms with Crippen LogP contribution in [0.3, 0.4) is 0 Å². The maximum atomic E-state index is 5.91. The Morgan fingerprint density at radius 1 is 0.968 bits per heavy atom. The second-order valence-corrected chi connectivity index (χ2v) is 9.14. The third-order valence-corrected chi connectivity index (χ3v) is 6.61. The number of benzene rings is 1. The van der Waals surface area contributed by atoms with Crippen LogP contribution >= 0.6 is 0 Å². The van der Waals surface area contributed by atoms with E-state index < -0.39 is 0 Å². The minimum atomic E-state index is 0.583. The van der Waals surface area contributed by atoms with Crippen molar-refractivity contribution < 1.29 is 4.74 Å². The minimum Gasteiger partial charge on any atom is -0.476 e. The van der Waals surface area contributed by atoms with Gasteiger partial charge in [-0.15, -0.1) is 10.2 Å². The van der Waals surface area contributed by atoms with Crippen LogP contribution in [0.2, 0.25) is 0 Å². The van der Waals surface area contributed by atoms with E-state index >= 15 is 0 Å². The summed E-state index contributed by atoms with van der Waals surface area (Å²) in [4.78, 5) is 2.55. The molecule has 1 aromatic carbocycles. The fourth-order valence-electron chi connectivity index (χ4n) is 4.81. The van der Waals surface area contributed by atoms with Gasteiger partial charge >= 0.3 is 0 Å². The third kappa shape index (κ3) is 4.64. The SMILES string of the molecule is Cc1cc(C)n(-c2ccc(OC[C@H]3C[C@@H](c4ccc(CN5CCCC5)cc4)C3)nn2)n1. The Hall–Kier alpha value is -2.73. The van der Waals surface area contributed by atoms with Gasteiger partial charge in [-0.1, -0.05) is 24.3 Å². The van der Waals surface area contributed by atoms with Gasteiger partial charge in [-0.3, -0.25) is 4.90 Å². The van der Waals surface area contributed by atoms with Gasteiger partial charge in [-0.2, -0.15) is 5.10 Å². The van der Waals surface area contributed by atoms with Crippen LogP contribution < -0.4 is 4.74 Å². The Bertz CT molecular complexity index is 999. The van der Waals surface area contributed by atoms with Crippen LogP contribution in [0.15, 0.2) is 42.5 Å². The molecule has 0 amide bonds. The van der Waals surface area contributed by atoms with Gasteiger partial charge in [0.2, 0.25) is 5.88 Å². The lowest BCUT2D eigenvalue weighted by molar-refractivity contribution is 0.153. The lowest BCUT2D eigenvalue weighted by Crippen LogP contribution is -2.27. The number of aromatic nitrogens is 4. The van der Waals surface area contributed by atoms with Gasteiger partial charge in [0.05, 0.1) is 12.3 Å². The molecule has 0 bridgehead atoms. The summed E-state index contributed by atoms with van der Waals surface area (Å²) in [5, 5.41) is 12.9. The molecule has 1 aliphatic carbocycles. The molecule has 31 heavy (non-hydrogen) atoms. The average Bonchev–Trinajstić information content (AvgIpc) is 3.37. The molecule has 6 heteroatoms. The maximum absolute atomic E-state index is 5.91. The van der Waals surface area contributed by atoms with E-state index in [1.807, 2.05) is 32.0 Å². The van der Waals surface area contributed by atoms with Gasteiger partial charge < -0.3 is 4.74 Å². The van der Waals surface area contributed by atoms with E-state index in [1.165, 1.54) is 49.9 Å². The van der Waals surface area contributed by atoms with E-state index in [2.05, 4.69) is 44.5 Å². The average molecular weight is 418 g/mol. The fraction of sp³-hybridized carbons (Fsp3) is 0.480. The quantitative estimate of drug-likeness (QED) is 0.569. The Kier molecular flexibility index (Phi) is 5.72. The molecule has 6 nitrogen and oxygen atoms in total. The summed E-state index contributed by atoms with van der Waals surface area (Å²) in [6.07, 6.45) is 5.07. The molecule has 2 fully saturated rings. The normalized spacial score (nSPS) is 21.2. The first kappa shape index (κ1) is 20.2. The lowest BCUT2D eigenvalue weighted by atomic mass is 9.72. The van der Waals surface area contributed by atoms with Crippen LogP contribution in [-0.2, 0) is 6.54 Å². The Labute approximate surface area is 184 Å². The number of hydrogen-bond acceptors (Lipinski definition) is 5. The number of nitrogens with zero attached hydrogens (tertiary/aromatic N) is 5. The smallest absolute Gasteiger partial charge is 0.233 e. The summed E-state index contributed by atoms with van der Waals surface area (Å²) in [7, 11) is 0. The topological polar surface area (TPSA) is 56.1 Å². The molecule has 2 aromatic heterocycles. The molecule has 3 heterocycles. The third-order valence-electron chi connectivity index (χ3n) is 6.61. The standard InChI is InChI=1S/C25H31N5O/c1-18-13-19(2)30(28-18)24-9-10-25(27-26-24)31-17-21-14-23(15-21)22-7-5-20(6-8-22)16-29-11-3-4-12-29/h5-10,13,21,23H,3-4,11-12,14-17H2,1-2H3/t21-,23+. The molecule has 1 saturated heterocycles. The number of aryl methyl sites for hydroxylation is 2. The van der Waals surface area contributed by atoms with Gasteiger partial charge in [-0.05, 0) is 87.7 Å². The van der Waals surface area contributed by atoms with E-state index in [9.17, 15) is 0 Å². The van der Waals surface area contributed by atoms with Crippen LogP contribution in [0.4, 0.5) is 0 Å². The van der Waals surface area contributed by atoms with Crippen molar-refractivity contribution in [2.24, 2.45) is 5.92 Å². The molecule has 0 spiro atoms. The largest absolute Gasteiger partial charge is 0.476 e. The van der Waals surface area contributed by atoms with Gasteiger partial charge in [0, 0.05) is 18.3 Å². The highest BCUT2D eigenvalue weighted by Gasteiger charge is 2.30. The van der Waals surface area contributed by atoms with E-state index in [-0.39, 0.29) is 0 Å². The molecule has 0 N–H and O–H groups in total. The molecular weight excluding hydrogens is 386 g/mol. The zero-order valence-corrected chi connectivity index (χ0v) is 18.5. The van der Waals surface area contributed by atoms with Crippen molar-refractivity contribution in [3.8, 4) is 11.7 Å². The van der Waals surface area contributed by atoms with E-state index in [0.717, 1.165) is 23.8 Å². The number of likely N-dealkylation sites (tertiary alicyclic amines) is 1. The highest BCUT2D eigenvalue weighted by Crippen LogP contribution is 2.41. The van der Waals surface area contributed by atoms with Crippen molar-refractivity contribution in [1.29, 1.82) is 0 Å². The molecule has 0 unspecified atom stereocenters. The van der Waals surface area contributed by atoms with Crippen LogP contribution in [-0.4, -0.2) is 44.6 Å². The van der Waals surface area contributed by atoms with Crippen LogP contribution in [0.1, 0.15) is 54.1 Å². The zero-order chi connectivity index (χ0) is 21.2. The predicted octanol–water partition coefficient (Wildman–Crippen LogP) is 4.45. The highest BCUT2D eigenvalue weighted by atomic mass is 16.5. The zero-order valence-electron chi connectivity index (χ0n) is 18.5. The number of hydrogen-bond donors (Lipinski definition) is 0. The van der Waals surface area contributed by atoms with E-state index in [4.69, 9.17) is 4.74 Å². The van der Waals surface area contributed by atoms with Crippen LogP contribution in [0.5, 0.6) is 5.88 Å². The molecule has 5 rings (SSSR count). The van der Waals surface area contributed by atoms with Gasteiger partial charge in [0.1, 0.15) is 0 Å². The molecule has 0 atom stereocenters. The summed E-state index contributed by atoms with van der Waals surface area (Å²) < 4.78 is 7.71. The van der Waals surface area contributed by atoms with Gasteiger partial charge in [0.25, 0.3) is 0 Å². The Balaban J connectivity index is 1.08. The number of rotatable bonds is 7. The van der Waals surface area contributed by atoms with E-state index in [0.29, 0.717) is 24.3 Å². The second kappa shape index (κ2) is 8.79. The molecule has 0 radical (unpaired) electrons. The summed E-state index contributed by atoms with van der Waals surface area (Å²) in [5.41, 5.74) is 4.92. The molecule has 1 saturated carbocycles. The van der Waals surface area contributed by atoms with Crippen molar-refractivity contribution in [1.82, 2.24) is 24.9 Å². The first-order chi connectivity index (χ1) is 15.1. The monoisotopic (exact) mass is 417 g/mol. The molecule has 3 aromatic rings. The van der Waals surface area contributed by atoms with Crippen molar-refractivity contribution in [3.63, 3.8) is 0 Å². The highest BCUT2D eigenvalue weighted by molar-refractivity contribution is 5.28. The molecular formula is C25H31N5O. The molecule has 1 aliphatic heterocycles. The van der Waals surface area contributed by atoms with Crippen LogP contribution in [0, 0.1) is 19.8 Å². The first-order valence-electron chi connectivity index (χ1n) is 11.5. The van der Waals surface area contributed by atoms with Crippen LogP contribution in [0.25, 0.3) is 5.82 Å². The molecule has 2 aliphatic rings. The van der Waals surface area contributed by atoms with E-state index in [1.54, 1.807) is 4.68 Å². The minimum absolute atomic E-state index is 0.583. The Morgan fingerprint density at radius 3 is 2.39 bits per heavy atom. The molecule has 162 valence electrons. The van der Waals surface area contributed by atoms with Crippen molar-refractivity contribution in [2.45, 2.75) is 52.0 Å². The first-order valence-corrected chi connectivity index (χ1v) is 11.5. The predicted molar refractivity (Wildman–Crippen MR) is 121 cm³/mol. The summed E-state index contributed by atoms with van der Waals surface area (Å²) in [6, 6.07) is 15.1. The second-order valence-electron chi connectivity index (χ2n) is 9.14.